The van der Waals surface area contributed by atoms with Crippen LogP contribution in [0.4, 0.5) is 20.2 Å². The van der Waals surface area contributed by atoms with Crippen molar-refractivity contribution in [1.82, 2.24) is 0 Å². The summed E-state index contributed by atoms with van der Waals surface area (Å²) in [5, 5.41) is 13.5. The highest BCUT2D eigenvalue weighted by Crippen LogP contribution is 2.29. The van der Waals surface area contributed by atoms with Crippen LogP contribution < -0.4 is 5.32 Å². The Morgan fingerprint density at radius 2 is 2.26 bits per heavy atom. The van der Waals surface area contributed by atoms with E-state index in [0.717, 1.165) is 25.5 Å². The molecular weight excluding hydrogens is 258 g/mol. The highest BCUT2D eigenvalue weighted by atomic mass is 19.1. The Kier molecular flexibility index (Phi) is 4.26. The zero-order valence-corrected chi connectivity index (χ0v) is 10.2. The van der Waals surface area contributed by atoms with Crippen LogP contribution in [0.2, 0.25) is 0 Å². The van der Waals surface area contributed by atoms with E-state index in [1.807, 2.05) is 0 Å². The summed E-state index contributed by atoms with van der Waals surface area (Å²) >= 11 is 0. The van der Waals surface area contributed by atoms with Gasteiger partial charge in [0.15, 0.2) is 0 Å². The number of hydrogen-bond donors (Lipinski definition) is 1. The average Bonchev–Trinajstić information content (AvgIpc) is 2.80. The standard InChI is InChI=1S/C12H14F2N2O3/c13-9-5-10(14)12(16(17)18)11(6-9)15-3-1-8-2-4-19-7-8/h5-6,8,15H,1-4,7H2. The number of rotatable bonds is 5. The van der Waals surface area contributed by atoms with E-state index in [9.17, 15) is 18.9 Å². The molecule has 1 aromatic carbocycles. The van der Waals surface area contributed by atoms with Gasteiger partial charge in [0.2, 0.25) is 5.82 Å². The Balaban J connectivity index is 2.03. The van der Waals surface area contributed by atoms with Crippen molar-refractivity contribution in [3.63, 3.8) is 0 Å². The maximum atomic E-state index is 13.3. The molecule has 0 aromatic heterocycles. The highest BCUT2D eigenvalue weighted by Gasteiger charge is 2.22. The molecule has 1 atom stereocenters. The van der Waals surface area contributed by atoms with Gasteiger partial charge in [-0.3, -0.25) is 10.1 Å². The first-order valence-corrected chi connectivity index (χ1v) is 6.03. The molecule has 104 valence electrons. The van der Waals surface area contributed by atoms with Gasteiger partial charge in [-0.25, -0.2) is 4.39 Å². The fourth-order valence-corrected chi connectivity index (χ4v) is 2.11. The molecule has 1 heterocycles. The summed E-state index contributed by atoms with van der Waals surface area (Å²) in [7, 11) is 0. The minimum atomic E-state index is -1.17. The van der Waals surface area contributed by atoms with E-state index >= 15 is 0 Å². The third kappa shape index (κ3) is 3.37. The molecule has 0 saturated carbocycles. The van der Waals surface area contributed by atoms with Crippen molar-refractivity contribution in [2.24, 2.45) is 5.92 Å². The van der Waals surface area contributed by atoms with Crippen molar-refractivity contribution in [2.75, 3.05) is 25.1 Å². The monoisotopic (exact) mass is 272 g/mol. The van der Waals surface area contributed by atoms with Gasteiger partial charge < -0.3 is 10.1 Å². The largest absolute Gasteiger partial charge is 0.381 e. The van der Waals surface area contributed by atoms with E-state index in [1.165, 1.54) is 0 Å². The van der Waals surface area contributed by atoms with Crippen LogP contribution >= 0.6 is 0 Å². The number of nitro benzene ring substituents is 1. The molecule has 0 aliphatic carbocycles. The molecule has 7 heteroatoms. The van der Waals surface area contributed by atoms with Crippen LogP contribution in [0.1, 0.15) is 12.8 Å². The number of hydrogen-bond acceptors (Lipinski definition) is 4. The number of halogens is 2. The minimum absolute atomic E-state index is 0.124. The van der Waals surface area contributed by atoms with Crippen LogP contribution in [-0.2, 0) is 4.74 Å². The predicted molar refractivity (Wildman–Crippen MR) is 65.0 cm³/mol. The van der Waals surface area contributed by atoms with E-state index in [2.05, 4.69) is 5.32 Å². The second kappa shape index (κ2) is 5.92. The molecule has 0 bridgehead atoms. The SMILES string of the molecule is O=[N+]([O-])c1c(F)cc(F)cc1NCCC1CCOC1. The molecular formula is C12H14F2N2O3. The van der Waals surface area contributed by atoms with E-state index < -0.39 is 22.2 Å². The summed E-state index contributed by atoms with van der Waals surface area (Å²) in [6.07, 6.45) is 1.69. The summed E-state index contributed by atoms with van der Waals surface area (Å²) in [5.74, 6) is -1.61. The van der Waals surface area contributed by atoms with E-state index in [4.69, 9.17) is 4.74 Å². The van der Waals surface area contributed by atoms with Crippen LogP contribution in [-0.4, -0.2) is 24.7 Å². The Bertz CT molecular complexity index is 476. The fourth-order valence-electron chi connectivity index (χ4n) is 2.11. The minimum Gasteiger partial charge on any atom is -0.381 e. The van der Waals surface area contributed by atoms with Crippen molar-refractivity contribution in [3.8, 4) is 0 Å². The molecule has 1 aliphatic rings. The second-order valence-corrected chi connectivity index (χ2v) is 4.49. The summed E-state index contributed by atoms with van der Waals surface area (Å²) < 4.78 is 31.6. The second-order valence-electron chi connectivity index (χ2n) is 4.49. The lowest BCUT2D eigenvalue weighted by molar-refractivity contribution is -0.386. The summed E-state index contributed by atoms with van der Waals surface area (Å²) in [6, 6.07) is 1.44. The number of anilines is 1. The number of nitrogens with zero attached hydrogens (tertiary/aromatic N) is 1. The van der Waals surface area contributed by atoms with Crippen LogP contribution in [0.5, 0.6) is 0 Å². The van der Waals surface area contributed by atoms with Gasteiger partial charge in [-0.05, 0) is 18.8 Å². The Hall–Kier alpha value is -1.76. The molecule has 0 amide bonds. The van der Waals surface area contributed by atoms with E-state index in [0.29, 0.717) is 25.1 Å². The maximum Gasteiger partial charge on any atom is 0.327 e. The molecule has 19 heavy (non-hydrogen) atoms. The first-order valence-electron chi connectivity index (χ1n) is 6.03. The Morgan fingerprint density at radius 1 is 1.47 bits per heavy atom. The van der Waals surface area contributed by atoms with Crippen LogP contribution in [0, 0.1) is 27.7 Å². The first-order chi connectivity index (χ1) is 9.08. The van der Waals surface area contributed by atoms with Gasteiger partial charge in [-0.15, -0.1) is 0 Å². The van der Waals surface area contributed by atoms with Crippen LogP contribution in [0.3, 0.4) is 0 Å². The molecule has 0 radical (unpaired) electrons. The third-order valence-corrected chi connectivity index (χ3v) is 3.10. The number of nitrogens with one attached hydrogen (secondary N) is 1. The van der Waals surface area contributed by atoms with E-state index in [1.54, 1.807) is 0 Å². The maximum absolute atomic E-state index is 13.3. The van der Waals surface area contributed by atoms with Crippen molar-refractivity contribution < 1.29 is 18.4 Å². The number of ether oxygens (including phenoxy) is 1. The predicted octanol–water partition coefficient (Wildman–Crippen LogP) is 2.71. The molecule has 1 unspecified atom stereocenters. The fraction of sp³-hybridized carbons (Fsp3) is 0.500. The normalized spacial score (nSPS) is 18.5. The zero-order chi connectivity index (χ0) is 13.8. The van der Waals surface area contributed by atoms with E-state index in [-0.39, 0.29) is 5.69 Å². The van der Waals surface area contributed by atoms with Crippen molar-refractivity contribution in [1.29, 1.82) is 0 Å². The van der Waals surface area contributed by atoms with Gasteiger partial charge in [-0.2, -0.15) is 4.39 Å². The molecule has 1 fully saturated rings. The zero-order valence-electron chi connectivity index (χ0n) is 10.2. The smallest absolute Gasteiger partial charge is 0.327 e. The number of benzene rings is 1. The quantitative estimate of drug-likeness (QED) is 0.661. The Morgan fingerprint density at radius 3 is 2.89 bits per heavy atom. The summed E-state index contributed by atoms with van der Waals surface area (Å²) in [5.41, 5.74) is -0.842. The van der Waals surface area contributed by atoms with Crippen molar-refractivity contribution >= 4 is 11.4 Å². The molecule has 1 saturated heterocycles. The van der Waals surface area contributed by atoms with Gasteiger partial charge >= 0.3 is 5.69 Å². The lowest BCUT2D eigenvalue weighted by Gasteiger charge is -2.10. The van der Waals surface area contributed by atoms with Gasteiger partial charge in [0.25, 0.3) is 0 Å². The molecule has 2 rings (SSSR count). The molecule has 1 N–H and O–H groups in total. The topological polar surface area (TPSA) is 64.4 Å². The Labute approximate surface area is 108 Å². The van der Waals surface area contributed by atoms with Gasteiger partial charge in [0.05, 0.1) is 4.92 Å². The van der Waals surface area contributed by atoms with Gasteiger partial charge in [0, 0.05) is 31.9 Å². The summed E-state index contributed by atoms with van der Waals surface area (Å²) in [6.45, 7) is 1.80. The van der Waals surface area contributed by atoms with Crippen LogP contribution in [0.25, 0.3) is 0 Å². The molecule has 1 aliphatic heterocycles. The van der Waals surface area contributed by atoms with Gasteiger partial charge in [0.1, 0.15) is 11.5 Å². The first kappa shape index (κ1) is 13.7. The molecule has 0 spiro atoms. The average molecular weight is 272 g/mol. The van der Waals surface area contributed by atoms with Gasteiger partial charge in [-0.1, -0.05) is 0 Å². The lowest BCUT2D eigenvalue weighted by Crippen LogP contribution is -2.11. The van der Waals surface area contributed by atoms with Crippen molar-refractivity contribution in [2.45, 2.75) is 12.8 Å². The highest BCUT2D eigenvalue weighted by molar-refractivity contribution is 5.62. The third-order valence-electron chi connectivity index (χ3n) is 3.10. The van der Waals surface area contributed by atoms with Crippen molar-refractivity contribution in [3.05, 3.63) is 33.9 Å². The molecule has 5 nitrogen and oxygen atoms in total. The van der Waals surface area contributed by atoms with Crippen LogP contribution in [0.15, 0.2) is 12.1 Å². The molecule has 1 aromatic rings. The lowest BCUT2D eigenvalue weighted by atomic mass is 10.1. The summed E-state index contributed by atoms with van der Waals surface area (Å²) in [4.78, 5) is 9.90. The number of nitro groups is 1.